The van der Waals surface area contributed by atoms with Crippen LogP contribution in [0.2, 0.25) is 0 Å². The van der Waals surface area contributed by atoms with Crippen molar-refractivity contribution < 1.29 is 13.6 Å². The SMILES string of the molecule is Sc1ccc(OP(Oc2ccccc2)Oc2ccccc2)cc1. The standard InChI is InChI=1S/C18H15O3PS/c23-18-13-11-17(12-14-18)21-22(19-15-7-3-1-4-8-15)20-16-9-5-2-6-10-16/h1-14,23H. The first kappa shape index (κ1) is 15.7. The number of thiol groups is 1. The molecule has 0 heterocycles. The van der Waals surface area contributed by atoms with Gasteiger partial charge in [-0.2, -0.15) is 0 Å². The van der Waals surface area contributed by atoms with E-state index in [0.29, 0.717) is 17.2 Å². The summed E-state index contributed by atoms with van der Waals surface area (Å²) >= 11 is 4.27. The minimum Gasteiger partial charge on any atom is -0.409 e. The molecule has 0 bridgehead atoms. The molecular formula is C18H15O3PS. The fourth-order valence-electron chi connectivity index (χ4n) is 1.78. The molecular weight excluding hydrogens is 327 g/mol. The zero-order valence-electron chi connectivity index (χ0n) is 12.2. The lowest BCUT2D eigenvalue weighted by Crippen LogP contribution is -2.02. The molecule has 0 atom stereocenters. The van der Waals surface area contributed by atoms with Crippen LogP contribution < -0.4 is 13.6 Å². The Bertz CT molecular complexity index is 679. The molecule has 0 N–H and O–H groups in total. The Morgan fingerprint density at radius 3 is 1.35 bits per heavy atom. The van der Waals surface area contributed by atoms with E-state index in [2.05, 4.69) is 12.6 Å². The van der Waals surface area contributed by atoms with Gasteiger partial charge in [0.15, 0.2) is 0 Å². The Kier molecular flexibility index (Phi) is 5.41. The Morgan fingerprint density at radius 1 is 0.522 bits per heavy atom. The molecule has 0 aliphatic rings. The molecule has 0 aromatic heterocycles. The molecule has 0 fully saturated rings. The highest BCUT2D eigenvalue weighted by molar-refractivity contribution is 7.80. The van der Waals surface area contributed by atoms with Gasteiger partial charge in [0, 0.05) is 4.90 Å². The molecule has 0 amide bonds. The summed E-state index contributed by atoms with van der Waals surface area (Å²) in [4.78, 5) is 0.870. The molecule has 0 unspecified atom stereocenters. The van der Waals surface area contributed by atoms with Gasteiger partial charge < -0.3 is 13.6 Å². The van der Waals surface area contributed by atoms with Crippen LogP contribution >= 0.6 is 21.2 Å². The third-order valence-electron chi connectivity index (χ3n) is 2.86. The average Bonchev–Trinajstić information content (AvgIpc) is 2.59. The lowest BCUT2D eigenvalue weighted by molar-refractivity contribution is 0.388. The maximum absolute atomic E-state index is 5.86. The highest BCUT2D eigenvalue weighted by atomic mass is 32.1. The van der Waals surface area contributed by atoms with E-state index in [9.17, 15) is 0 Å². The lowest BCUT2D eigenvalue weighted by atomic mass is 10.3. The molecule has 0 radical (unpaired) electrons. The van der Waals surface area contributed by atoms with Gasteiger partial charge in [0.1, 0.15) is 17.2 Å². The molecule has 5 heteroatoms. The van der Waals surface area contributed by atoms with Crippen LogP contribution in [-0.2, 0) is 0 Å². The van der Waals surface area contributed by atoms with E-state index in [1.165, 1.54) is 0 Å². The summed E-state index contributed by atoms with van der Waals surface area (Å²) in [6.45, 7) is 0. The molecule has 0 saturated heterocycles. The molecule has 0 aliphatic heterocycles. The monoisotopic (exact) mass is 342 g/mol. The summed E-state index contributed by atoms with van der Waals surface area (Å²) in [5.74, 6) is 2.06. The first-order valence-electron chi connectivity index (χ1n) is 7.03. The van der Waals surface area contributed by atoms with Gasteiger partial charge in [-0.15, -0.1) is 12.6 Å². The molecule has 116 valence electrons. The summed E-state index contributed by atoms with van der Waals surface area (Å²) in [5, 5.41) is 0. The second kappa shape index (κ2) is 7.91. The van der Waals surface area contributed by atoms with E-state index in [0.717, 1.165) is 4.90 Å². The van der Waals surface area contributed by atoms with Crippen LogP contribution in [0.25, 0.3) is 0 Å². The molecule has 3 rings (SSSR count). The third kappa shape index (κ3) is 4.92. The fourth-order valence-corrected chi connectivity index (χ4v) is 2.93. The first-order valence-corrected chi connectivity index (χ1v) is 8.57. The molecule has 3 aromatic carbocycles. The zero-order chi connectivity index (χ0) is 15.9. The lowest BCUT2D eigenvalue weighted by Gasteiger charge is -2.17. The molecule has 0 aliphatic carbocycles. The van der Waals surface area contributed by atoms with Crippen LogP contribution in [0.5, 0.6) is 17.2 Å². The summed E-state index contributed by atoms with van der Waals surface area (Å²) in [6, 6.07) is 26.3. The second-order valence-corrected chi connectivity index (χ2v) is 6.13. The van der Waals surface area contributed by atoms with Crippen LogP contribution in [0.15, 0.2) is 89.8 Å². The molecule has 23 heavy (non-hydrogen) atoms. The number of hydrogen-bond donors (Lipinski definition) is 1. The number of hydrogen-bond acceptors (Lipinski definition) is 4. The maximum Gasteiger partial charge on any atom is 0.530 e. The van der Waals surface area contributed by atoms with Crippen molar-refractivity contribution in [1.29, 1.82) is 0 Å². The third-order valence-corrected chi connectivity index (χ3v) is 4.24. The average molecular weight is 342 g/mol. The van der Waals surface area contributed by atoms with Gasteiger partial charge in [-0.05, 0) is 48.5 Å². The van der Waals surface area contributed by atoms with Gasteiger partial charge in [-0.25, -0.2) is 0 Å². The van der Waals surface area contributed by atoms with Crippen molar-refractivity contribution in [1.82, 2.24) is 0 Å². The van der Waals surface area contributed by atoms with Gasteiger partial charge in [0.25, 0.3) is 0 Å². The van der Waals surface area contributed by atoms with Crippen molar-refractivity contribution in [2.24, 2.45) is 0 Å². The normalized spacial score (nSPS) is 10.3. The number of rotatable bonds is 6. The second-order valence-electron chi connectivity index (χ2n) is 4.62. The van der Waals surface area contributed by atoms with E-state index >= 15 is 0 Å². The predicted octanol–water partition coefficient (Wildman–Crippen LogP) is 5.74. The minimum absolute atomic E-state index is 0.667. The Balaban J connectivity index is 1.76. The Morgan fingerprint density at radius 2 is 0.913 bits per heavy atom. The Hall–Kier alpha value is -2.16. The van der Waals surface area contributed by atoms with Gasteiger partial charge >= 0.3 is 8.60 Å². The van der Waals surface area contributed by atoms with Crippen molar-refractivity contribution in [3.8, 4) is 17.2 Å². The van der Waals surface area contributed by atoms with E-state index in [1.807, 2.05) is 84.9 Å². The maximum atomic E-state index is 5.86. The van der Waals surface area contributed by atoms with Gasteiger partial charge in [0.2, 0.25) is 0 Å². The fraction of sp³-hybridized carbons (Fsp3) is 0. The van der Waals surface area contributed by atoms with Crippen LogP contribution in [0, 0.1) is 0 Å². The largest absolute Gasteiger partial charge is 0.530 e. The molecule has 0 spiro atoms. The predicted molar refractivity (Wildman–Crippen MR) is 95.4 cm³/mol. The van der Waals surface area contributed by atoms with Crippen molar-refractivity contribution >= 4 is 21.2 Å². The van der Waals surface area contributed by atoms with Gasteiger partial charge in [-0.1, -0.05) is 36.4 Å². The van der Waals surface area contributed by atoms with E-state index in [-0.39, 0.29) is 0 Å². The summed E-state index contributed by atoms with van der Waals surface area (Å²) in [5.41, 5.74) is 0. The van der Waals surface area contributed by atoms with E-state index in [4.69, 9.17) is 13.6 Å². The van der Waals surface area contributed by atoms with E-state index < -0.39 is 8.60 Å². The van der Waals surface area contributed by atoms with Crippen molar-refractivity contribution in [3.63, 3.8) is 0 Å². The topological polar surface area (TPSA) is 27.7 Å². The minimum atomic E-state index is -1.62. The quantitative estimate of drug-likeness (QED) is 0.457. The summed E-state index contributed by atoms with van der Waals surface area (Å²) < 4.78 is 17.6. The number of para-hydroxylation sites is 2. The highest BCUT2D eigenvalue weighted by Gasteiger charge is 2.19. The zero-order valence-corrected chi connectivity index (χ0v) is 14.0. The smallest absolute Gasteiger partial charge is 0.409 e. The van der Waals surface area contributed by atoms with Crippen LogP contribution in [0.3, 0.4) is 0 Å². The van der Waals surface area contributed by atoms with Crippen LogP contribution in [0.4, 0.5) is 0 Å². The van der Waals surface area contributed by atoms with Gasteiger partial charge in [-0.3, -0.25) is 0 Å². The van der Waals surface area contributed by atoms with Gasteiger partial charge in [0.05, 0.1) is 0 Å². The van der Waals surface area contributed by atoms with Crippen molar-refractivity contribution in [2.75, 3.05) is 0 Å². The summed E-state index contributed by atoms with van der Waals surface area (Å²) in [7, 11) is -1.62. The highest BCUT2D eigenvalue weighted by Crippen LogP contribution is 2.42. The van der Waals surface area contributed by atoms with Crippen molar-refractivity contribution in [2.45, 2.75) is 4.90 Å². The number of benzene rings is 3. The van der Waals surface area contributed by atoms with Crippen LogP contribution in [0.1, 0.15) is 0 Å². The first-order chi connectivity index (χ1) is 11.3. The Labute approximate surface area is 142 Å². The molecule has 0 saturated carbocycles. The molecule has 3 aromatic rings. The van der Waals surface area contributed by atoms with E-state index in [1.54, 1.807) is 0 Å². The summed E-state index contributed by atoms with van der Waals surface area (Å²) in [6.07, 6.45) is 0. The van der Waals surface area contributed by atoms with Crippen LogP contribution in [-0.4, -0.2) is 0 Å². The van der Waals surface area contributed by atoms with Crippen molar-refractivity contribution in [3.05, 3.63) is 84.9 Å². The molecule has 3 nitrogen and oxygen atoms in total.